The Bertz CT molecular complexity index is 3730. The minimum Gasteiger partial charge on any atom is -0.466 e. The fourth-order valence-corrected chi connectivity index (χ4v) is 11.6. The molecule has 16 nitrogen and oxygen atoms in total. The number of carbonyl (C=O) groups is 4. The summed E-state index contributed by atoms with van der Waals surface area (Å²) in [5.41, 5.74) is 15.3. The largest absolute Gasteiger partial charge is 0.494 e. The van der Waals surface area contributed by atoms with E-state index in [0.717, 1.165) is 86.1 Å². The van der Waals surface area contributed by atoms with Gasteiger partial charge in [-0.3, -0.25) is 14.4 Å². The maximum absolute atomic E-state index is 13.3. The molecule has 0 spiro atoms. The molecule has 86 heavy (non-hydrogen) atoms. The molecule has 3 aliphatic rings. The van der Waals surface area contributed by atoms with Crippen molar-refractivity contribution in [2.75, 3.05) is 26.3 Å². The third-order valence-corrected chi connectivity index (χ3v) is 17.0. The lowest BCUT2D eigenvalue weighted by molar-refractivity contribution is -0.143. The van der Waals surface area contributed by atoms with Crippen molar-refractivity contribution in [2.45, 2.75) is 152 Å². The molecule has 0 N–H and O–H groups in total. The van der Waals surface area contributed by atoms with Gasteiger partial charge < -0.3 is 28.6 Å². The number of amides is 2. The van der Waals surface area contributed by atoms with Crippen LogP contribution in [0.15, 0.2) is 127 Å². The van der Waals surface area contributed by atoms with E-state index in [1.807, 2.05) is 133 Å². The molecule has 2 aromatic heterocycles. The molecule has 0 aliphatic carbocycles. The number of ether oxygens (including phenoxy) is 2. The molecule has 6 aromatic carbocycles. The minimum atomic E-state index is -0.384. The lowest BCUT2D eigenvalue weighted by atomic mass is 9.76. The van der Waals surface area contributed by atoms with E-state index in [9.17, 15) is 19.2 Å². The van der Waals surface area contributed by atoms with Crippen LogP contribution in [0.5, 0.6) is 0 Å². The molecule has 1 saturated heterocycles. The predicted molar refractivity (Wildman–Crippen MR) is 339 cm³/mol. The van der Waals surface area contributed by atoms with Crippen LogP contribution in [-0.4, -0.2) is 108 Å². The van der Waals surface area contributed by atoms with Gasteiger partial charge in [-0.1, -0.05) is 117 Å². The van der Waals surface area contributed by atoms with Crippen LogP contribution < -0.4 is 5.46 Å². The first kappa shape index (κ1) is 63.7. The van der Waals surface area contributed by atoms with Crippen molar-refractivity contribution in [3.05, 3.63) is 189 Å². The van der Waals surface area contributed by atoms with Gasteiger partial charge in [0.2, 0.25) is 0 Å². The number of esters is 2. The molecule has 2 amide bonds. The zero-order valence-electron chi connectivity index (χ0n) is 51.2. The molecule has 0 saturated carbocycles. The van der Waals surface area contributed by atoms with Gasteiger partial charge in [0, 0.05) is 62.4 Å². The Balaban J connectivity index is 0.000000176. The molecule has 450 valence electrons. The predicted octanol–water partition coefficient (Wildman–Crippen LogP) is 12.3. The maximum atomic E-state index is 13.3. The van der Waals surface area contributed by atoms with Crippen LogP contribution in [0.4, 0.5) is 0 Å². The van der Waals surface area contributed by atoms with Crippen molar-refractivity contribution >= 4 is 64.5 Å². The summed E-state index contributed by atoms with van der Waals surface area (Å²) >= 11 is 0. The SMILES string of the molecule is C.CC1CN(C(=O)c2ccccc2)Cc2cc(B3OC(C)(C)C(C)(C)O3)ccc21.CCOC(=O)/C=C/c1ccc2c(nnn2CC)c1C.CCOC(=O)CC(c1ccc2c(c1)CN(C(=O)c1ccccc1)CC2C)c1ccc2c(nnn2CC)c1C. The van der Waals surface area contributed by atoms with Crippen LogP contribution in [0, 0.1) is 13.8 Å². The molecule has 0 radical (unpaired) electrons. The van der Waals surface area contributed by atoms with Crippen LogP contribution in [0.1, 0.15) is 172 Å². The van der Waals surface area contributed by atoms with Crippen molar-refractivity contribution < 1.29 is 38.0 Å². The lowest BCUT2D eigenvalue weighted by Gasteiger charge is -2.34. The number of aryl methyl sites for hydroxylation is 4. The van der Waals surface area contributed by atoms with Crippen molar-refractivity contribution in [1.82, 2.24) is 39.8 Å². The summed E-state index contributed by atoms with van der Waals surface area (Å²) < 4.78 is 26.4. The fraction of sp³-hybridized carbons (Fsp3) is 0.391. The van der Waals surface area contributed by atoms with Crippen LogP contribution in [0.3, 0.4) is 0 Å². The molecule has 5 heterocycles. The second kappa shape index (κ2) is 27.4. The molecule has 0 bridgehead atoms. The van der Waals surface area contributed by atoms with E-state index < -0.39 is 0 Å². The Kier molecular flexibility index (Phi) is 20.3. The molecule has 11 rings (SSSR count). The highest BCUT2D eigenvalue weighted by Gasteiger charge is 2.52. The summed E-state index contributed by atoms with van der Waals surface area (Å²) in [7, 11) is -0.384. The normalized spacial score (nSPS) is 16.9. The number of benzene rings is 6. The summed E-state index contributed by atoms with van der Waals surface area (Å²) in [4.78, 5) is 54.1. The van der Waals surface area contributed by atoms with Gasteiger partial charge in [-0.25, -0.2) is 14.2 Å². The molecule has 3 atom stereocenters. The van der Waals surface area contributed by atoms with E-state index in [1.165, 1.54) is 22.8 Å². The molecule has 1 fully saturated rings. The van der Waals surface area contributed by atoms with Gasteiger partial charge in [-0.2, -0.15) is 0 Å². The van der Waals surface area contributed by atoms with E-state index in [2.05, 4.69) is 105 Å². The van der Waals surface area contributed by atoms with E-state index in [-0.39, 0.29) is 67.8 Å². The van der Waals surface area contributed by atoms with Crippen LogP contribution in [0.25, 0.3) is 28.1 Å². The standard InChI is InChI=1S/C31H34N4O3.C23H28BNO3.C14H17N3O2.CH4/c1-5-35-28-15-14-26(21(4)30(28)32-33-35)27(17-29(36)38-6-2)23-12-13-25-20(3)18-34(19-24(25)16-23)31(37)22-10-8-7-9-11-22;1-16-14-25(21(26)17-9-7-6-8-10-17)15-18-13-19(11-12-20(16)18)24-27-22(2,3)23(4,5)28-24;1-4-17-12-8-6-11(7-9-13(18)19-5-2)10(3)14(12)15-16-17;/h7-16,20,27H,5-6,17-19H2,1-4H3;6-13,16H,14-15H2,1-5H3;6-9H,4-5H2,1-3H3;1H4/b;;9-7+;. The maximum Gasteiger partial charge on any atom is 0.494 e. The first-order chi connectivity index (χ1) is 40.8. The van der Waals surface area contributed by atoms with Gasteiger partial charge in [0.1, 0.15) is 11.0 Å². The van der Waals surface area contributed by atoms with Crippen molar-refractivity contribution in [3.63, 3.8) is 0 Å². The van der Waals surface area contributed by atoms with E-state index in [1.54, 1.807) is 13.0 Å². The van der Waals surface area contributed by atoms with E-state index >= 15 is 0 Å². The highest BCUT2D eigenvalue weighted by Crippen LogP contribution is 2.39. The zero-order chi connectivity index (χ0) is 60.7. The number of fused-ring (bicyclic) bond motifs is 4. The second-order valence-electron chi connectivity index (χ2n) is 23.2. The highest BCUT2D eigenvalue weighted by atomic mass is 16.7. The van der Waals surface area contributed by atoms with Gasteiger partial charge in [-0.15, -0.1) is 10.2 Å². The molecule has 17 heteroatoms. The third-order valence-electron chi connectivity index (χ3n) is 17.0. The van der Waals surface area contributed by atoms with Gasteiger partial charge >= 0.3 is 19.1 Å². The van der Waals surface area contributed by atoms with Gasteiger partial charge in [0.15, 0.2) is 0 Å². The van der Waals surface area contributed by atoms with Crippen LogP contribution in [0.2, 0.25) is 0 Å². The van der Waals surface area contributed by atoms with Gasteiger partial charge in [0.25, 0.3) is 11.8 Å². The fourth-order valence-electron chi connectivity index (χ4n) is 11.6. The van der Waals surface area contributed by atoms with Crippen molar-refractivity contribution in [2.24, 2.45) is 0 Å². The Labute approximate surface area is 507 Å². The molecule has 3 aliphatic heterocycles. The summed E-state index contributed by atoms with van der Waals surface area (Å²) in [6, 6.07) is 39.9. The summed E-state index contributed by atoms with van der Waals surface area (Å²) in [5.74, 6) is -0.141. The Morgan fingerprint density at radius 3 is 1.66 bits per heavy atom. The smallest absolute Gasteiger partial charge is 0.466 e. The number of nitrogens with zero attached hydrogens (tertiary/aromatic N) is 8. The Morgan fingerprint density at radius 1 is 0.640 bits per heavy atom. The second-order valence-corrected chi connectivity index (χ2v) is 23.2. The monoisotopic (exact) mass is 1160 g/mol. The Hall–Kier alpha value is -8.28. The first-order valence-electron chi connectivity index (χ1n) is 29.7. The summed E-state index contributed by atoms with van der Waals surface area (Å²) in [6.45, 7) is 29.1. The summed E-state index contributed by atoms with van der Waals surface area (Å²) in [6.07, 6.45) is 3.41. The average Bonchev–Trinajstić information content (AvgIpc) is 1.68. The first-order valence-corrected chi connectivity index (χ1v) is 29.7. The quantitative estimate of drug-likeness (QED) is 0.0608. The van der Waals surface area contributed by atoms with Gasteiger partial charge in [0.05, 0.1) is 41.9 Å². The molecular weight excluding hydrogens is 1080 g/mol. The van der Waals surface area contributed by atoms with Crippen molar-refractivity contribution in [3.8, 4) is 0 Å². The third kappa shape index (κ3) is 13.7. The van der Waals surface area contributed by atoms with E-state index in [0.29, 0.717) is 44.3 Å². The zero-order valence-corrected chi connectivity index (χ0v) is 51.2. The van der Waals surface area contributed by atoms with E-state index in [4.69, 9.17) is 18.8 Å². The number of hydrogen-bond donors (Lipinski definition) is 0. The number of aromatic nitrogens is 6. The number of hydrogen-bond acceptors (Lipinski definition) is 12. The Morgan fingerprint density at radius 2 is 1.14 bits per heavy atom. The van der Waals surface area contributed by atoms with Crippen LogP contribution in [-0.2, 0) is 54.6 Å². The highest BCUT2D eigenvalue weighted by molar-refractivity contribution is 6.62. The molecule has 8 aromatic rings. The lowest BCUT2D eigenvalue weighted by Crippen LogP contribution is -2.41. The number of rotatable bonds is 13. The molecular formula is C69H83BN8O8. The van der Waals surface area contributed by atoms with Gasteiger partial charge in [-0.05, 0) is 179 Å². The minimum absolute atomic E-state index is 0. The number of carbonyl (C=O) groups excluding carboxylic acids is 4. The topological polar surface area (TPSA) is 173 Å². The van der Waals surface area contributed by atoms with Crippen molar-refractivity contribution in [1.29, 1.82) is 0 Å². The van der Waals surface area contributed by atoms with Crippen LogP contribution >= 0.6 is 0 Å². The average molecular weight is 1160 g/mol. The molecule has 3 unspecified atom stereocenters. The summed E-state index contributed by atoms with van der Waals surface area (Å²) in [5, 5.41) is 17.0.